The van der Waals surface area contributed by atoms with Crippen molar-refractivity contribution in [1.82, 2.24) is 4.90 Å². The highest BCUT2D eigenvalue weighted by Crippen LogP contribution is 2.24. The van der Waals surface area contributed by atoms with Crippen LogP contribution in [0.3, 0.4) is 0 Å². The van der Waals surface area contributed by atoms with Gasteiger partial charge in [0.1, 0.15) is 0 Å². The number of nitrogens with zero attached hydrogens (tertiary/aromatic N) is 1. The van der Waals surface area contributed by atoms with Gasteiger partial charge in [-0.25, -0.2) is 13.6 Å². The lowest BCUT2D eigenvalue weighted by Gasteiger charge is -2.34. The number of hydrogen-bond acceptors (Lipinski definition) is 4. The molecule has 1 aliphatic rings. The summed E-state index contributed by atoms with van der Waals surface area (Å²) >= 11 is 0. The average Bonchev–Trinajstić information content (AvgIpc) is 2.48. The predicted octanol–water partition coefficient (Wildman–Crippen LogP) is 1.57. The maximum Gasteiger partial charge on any atom is 0.253 e. The van der Waals surface area contributed by atoms with Crippen molar-refractivity contribution in [2.75, 3.05) is 13.1 Å². The van der Waals surface area contributed by atoms with E-state index in [1.165, 1.54) is 6.07 Å². The molecule has 8 heteroatoms. The lowest BCUT2D eigenvalue weighted by molar-refractivity contribution is 0.0660. The van der Waals surface area contributed by atoms with Gasteiger partial charge in [0.25, 0.3) is 5.91 Å². The summed E-state index contributed by atoms with van der Waals surface area (Å²) in [6.07, 6.45) is 1.92. The zero-order chi connectivity index (χ0) is 17.4. The second-order valence-electron chi connectivity index (χ2n) is 6.47. The maximum absolute atomic E-state index is 12.8. The van der Waals surface area contributed by atoms with Crippen LogP contribution in [-0.4, -0.2) is 38.4 Å². The molecule has 136 valence electrons. The highest BCUT2D eigenvalue weighted by molar-refractivity contribution is 7.89. The van der Waals surface area contributed by atoms with E-state index < -0.39 is 10.0 Å². The molecular formula is C16H26ClN3O3S. The van der Waals surface area contributed by atoms with E-state index in [4.69, 9.17) is 10.9 Å². The Morgan fingerprint density at radius 2 is 1.96 bits per heavy atom. The minimum Gasteiger partial charge on any atom is -0.338 e. The first-order valence-electron chi connectivity index (χ1n) is 7.80. The van der Waals surface area contributed by atoms with Crippen LogP contribution >= 0.6 is 12.4 Å². The molecule has 1 aromatic rings. The molecule has 1 fully saturated rings. The van der Waals surface area contributed by atoms with Crippen LogP contribution in [-0.2, 0) is 10.0 Å². The summed E-state index contributed by atoms with van der Waals surface area (Å²) in [5.74, 6) is 0.111. The van der Waals surface area contributed by atoms with Crippen LogP contribution in [0, 0.1) is 19.8 Å². The van der Waals surface area contributed by atoms with Crippen LogP contribution in [0.1, 0.15) is 41.3 Å². The molecule has 24 heavy (non-hydrogen) atoms. The van der Waals surface area contributed by atoms with Crippen molar-refractivity contribution in [3.05, 3.63) is 28.8 Å². The second-order valence-corrected chi connectivity index (χ2v) is 8.00. The first-order chi connectivity index (χ1) is 10.6. The Labute approximate surface area is 150 Å². The van der Waals surface area contributed by atoms with Crippen LogP contribution in [0.2, 0.25) is 0 Å². The topological polar surface area (TPSA) is 106 Å². The number of likely N-dealkylation sites (tertiary alicyclic amines) is 1. The molecule has 1 aromatic carbocycles. The molecule has 0 spiro atoms. The highest BCUT2D eigenvalue weighted by Gasteiger charge is 2.27. The van der Waals surface area contributed by atoms with E-state index in [0.29, 0.717) is 24.2 Å². The normalized spacial score (nSPS) is 19.5. The van der Waals surface area contributed by atoms with E-state index in [1.54, 1.807) is 24.8 Å². The van der Waals surface area contributed by atoms with E-state index in [1.807, 2.05) is 6.92 Å². The van der Waals surface area contributed by atoms with Crippen molar-refractivity contribution in [2.24, 2.45) is 16.8 Å². The molecule has 0 radical (unpaired) electrons. The quantitative estimate of drug-likeness (QED) is 0.836. The minimum absolute atomic E-state index is 0. The molecule has 1 heterocycles. The molecule has 4 N–H and O–H groups in total. The third-order valence-corrected chi connectivity index (χ3v) is 5.70. The molecule has 0 aromatic heterocycles. The standard InChI is InChI=1S/C16H25N3O3S.ClH/c1-10-7-14(8-15(11(10)2)23(18,21)22)16(20)19-6-4-5-13(9-19)12(3)17;/h7-8,12-13H,4-6,9,17H2,1-3H3,(H2,18,21,22);1H. The van der Waals surface area contributed by atoms with Crippen molar-refractivity contribution in [3.8, 4) is 0 Å². The summed E-state index contributed by atoms with van der Waals surface area (Å²) in [4.78, 5) is 14.5. The lowest BCUT2D eigenvalue weighted by Crippen LogP contribution is -2.45. The highest BCUT2D eigenvalue weighted by atomic mass is 35.5. The van der Waals surface area contributed by atoms with Crippen LogP contribution in [0.5, 0.6) is 0 Å². The number of nitrogens with two attached hydrogens (primary N) is 2. The van der Waals surface area contributed by atoms with Crippen LogP contribution < -0.4 is 10.9 Å². The van der Waals surface area contributed by atoms with Gasteiger partial charge in [-0.2, -0.15) is 0 Å². The van der Waals surface area contributed by atoms with Crippen LogP contribution in [0.4, 0.5) is 0 Å². The van der Waals surface area contributed by atoms with E-state index in [2.05, 4.69) is 0 Å². The number of carbonyl (C=O) groups is 1. The average molecular weight is 376 g/mol. The maximum atomic E-state index is 12.8. The molecule has 6 nitrogen and oxygen atoms in total. The van der Waals surface area contributed by atoms with Gasteiger partial charge in [-0.3, -0.25) is 4.79 Å². The van der Waals surface area contributed by atoms with Crippen molar-refractivity contribution in [3.63, 3.8) is 0 Å². The summed E-state index contributed by atoms with van der Waals surface area (Å²) in [6, 6.07) is 3.14. The summed E-state index contributed by atoms with van der Waals surface area (Å²) < 4.78 is 23.5. The first kappa shape index (κ1) is 20.9. The largest absolute Gasteiger partial charge is 0.338 e. The van der Waals surface area contributed by atoms with Crippen molar-refractivity contribution >= 4 is 28.3 Å². The number of piperidine rings is 1. The number of halogens is 1. The summed E-state index contributed by atoms with van der Waals surface area (Å²) in [7, 11) is -3.86. The van der Waals surface area contributed by atoms with E-state index in [0.717, 1.165) is 18.4 Å². The Kier molecular flexibility index (Phi) is 6.81. The summed E-state index contributed by atoms with van der Waals surface area (Å²) in [6.45, 7) is 6.69. The monoisotopic (exact) mass is 375 g/mol. The van der Waals surface area contributed by atoms with Gasteiger partial charge in [-0.1, -0.05) is 0 Å². The SMILES string of the molecule is Cc1cc(C(=O)N2CCCC(C(C)N)C2)cc(S(N)(=O)=O)c1C.Cl. The van der Waals surface area contributed by atoms with Gasteiger partial charge >= 0.3 is 0 Å². The van der Waals surface area contributed by atoms with E-state index >= 15 is 0 Å². The smallest absolute Gasteiger partial charge is 0.253 e. The lowest BCUT2D eigenvalue weighted by atomic mass is 9.91. The Morgan fingerprint density at radius 3 is 2.50 bits per heavy atom. The summed E-state index contributed by atoms with van der Waals surface area (Å²) in [5, 5.41) is 5.27. The van der Waals surface area contributed by atoms with Gasteiger partial charge in [0.15, 0.2) is 0 Å². The number of hydrogen-bond donors (Lipinski definition) is 2. The van der Waals surface area contributed by atoms with Gasteiger partial charge in [-0.15, -0.1) is 12.4 Å². The number of aryl methyl sites for hydroxylation is 1. The molecular weight excluding hydrogens is 350 g/mol. The third-order valence-electron chi connectivity index (χ3n) is 4.66. The number of amides is 1. The fourth-order valence-electron chi connectivity index (χ4n) is 3.05. The summed E-state index contributed by atoms with van der Waals surface area (Å²) in [5.41, 5.74) is 7.64. The molecule has 1 aliphatic heterocycles. The Bertz CT molecular complexity index is 720. The van der Waals surface area contributed by atoms with Gasteiger partial charge in [0.05, 0.1) is 4.90 Å². The fraction of sp³-hybridized carbons (Fsp3) is 0.562. The molecule has 0 bridgehead atoms. The fourth-order valence-corrected chi connectivity index (χ4v) is 3.93. The number of benzene rings is 1. The van der Waals surface area contributed by atoms with Gasteiger partial charge in [-0.05, 0) is 62.8 Å². The van der Waals surface area contributed by atoms with Gasteiger partial charge in [0, 0.05) is 24.7 Å². The van der Waals surface area contributed by atoms with Crippen LogP contribution in [0.25, 0.3) is 0 Å². The Hall–Kier alpha value is -1.15. The zero-order valence-corrected chi connectivity index (χ0v) is 15.9. The number of sulfonamides is 1. The van der Waals surface area contributed by atoms with Gasteiger partial charge < -0.3 is 10.6 Å². The number of carbonyl (C=O) groups excluding carboxylic acids is 1. The van der Waals surface area contributed by atoms with Crippen molar-refractivity contribution in [2.45, 2.75) is 44.6 Å². The molecule has 2 unspecified atom stereocenters. The number of primary sulfonamides is 1. The molecule has 0 saturated carbocycles. The number of rotatable bonds is 3. The Balaban J connectivity index is 0.00000288. The molecule has 0 aliphatic carbocycles. The molecule has 1 amide bonds. The third kappa shape index (κ3) is 4.47. The van der Waals surface area contributed by atoms with Crippen molar-refractivity contribution < 1.29 is 13.2 Å². The zero-order valence-electron chi connectivity index (χ0n) is 14.3. The van der Waals surface area contributed by atoms with Crippen LogP contribution in [0.15, 0.2) is 17.0 Å². The van der Waals surface area contributed by atoms with E-state index in [9.17, 15) is 13.2 Å². The molecule has 1 saturated heterocycles. The first-order valence-corrected chi connectivity index (χ1v) is 9.34. The molecule has 2 atom stereocenters. The van der Waals surface area contributed by atoms with E-state index in [-0.39, 0.29) is 35.2 Å². The second kappa shape index (κ2) is 7.82. The Morgan fingerprint density at radius 1 is 1.33 bits per heavy atom. The molecule has 2 rings (SSSR count). The predicted molar refractivity (Wildman–Crippen MR) is 96.8 cm³/mol. The minimum atomic E-state index is -3.86. The van der Waals surface area contributed by atoms with Crippen molar-refractivity contribution in [1.29, 1.82) is 0 Å². The van der Waals surface area contributed by atoms with Gasteiger partial charge in [0.2, 0.25) is 10.0 Å².